The molecule has 0 saturated carbocycles. The predicted molar refractivity (Wildman–Crippen MR) is 91.5 cm³/mol. The third kappa shape index (κ3) is 3.31. The second kappa shape index (κ2) is 6.23. The second-order valence-electron chi connectivity index (χ2n) is 5.30. The first-order chi connectivity index (χ1) is 10.6. The molecule has 1 unspecified atom stereocenters. The van der Waals surface area contributed by atoms with E-state index in [9.17, 15) is 0 Å². The van der Waals surface area contributed by atoms with Crippen LogP contribution in [0.3, 0.4) is 0 Å². The first-order valence-corrected chi connectivity index (χ1v) is 7.56. The van der Waals surface area contributed by atoms with Gasteiger partial charge < -0.3 is 20.1 Å². The lowest BCUT2D eigenvalue weighted by atomic mass is 10.1. The van der Waals surface area contributed by atoms with E-state index in [2.05, 4.69) is 24.5 Å². The molecule has 0 radical (unpaired) electrons. The summed E-state index contributed by atoms with van der Waals surface area (Å²) in [5, 5.41) is 7.05. The van der Waals surface area contributed by atoms with Gasteiger partial charge in [0.05, 0.1) is 6.04 Å². The first-order valence-electron chi connectivity index (χ1n) is 7.15. The van der Waals surface area contributed by atoms with Crippen molar-refractivity contribution in [1.29, 1.82) is 0 Å². The fourth-order valence-electron chi connectivity index (χ4n) is 2.27. The minimum absolute atomic E-state index is 0.0694. The summed E-state index contributed by atoms with van der Waals surface area (Å²) in [4.78, 5) is 0. The molecule has 22 heavy (non-hydrogen) atoms. The van der Waals surface area contributed by atoms with Crippen molar-refractivity contribution in [2.24, 2.45) is 0 Å². The average Bonchev–Trinajstić information content (AvgIpc) is 2.97. The Morgan fingerprint density at radius 2 is 1.82 bits per heavy atom. The molecule has 0 amide bonds. The molecular weight excluding hydrogens is 296 g/mol. The van der Waals surface area contributed by atoms with E-state index in [1.54, 1.807) is 0 Å². The summed E-state index contributed by atoms with van der Waals surface area (Å²) in [6, 6.07) is 14.1. The van der Waals surface area contributed by atoms with Crippen LogP contribution in [0.15, 0.2) is 42.5 Å². The molecule has 0 aromatic heterocycles. The molecule has 2 aromatic rings. The van der Waals surface area contributed by atoms with E-state index in [0.717, 1.165) is 22.7 Å². The molecule has 0 aliphatic carbocycles. The maximum Gasteiger partial charge on any atom is 0.231 e. The van der Waals surface area contributed by atoms with Gasteiger partial charge in [-0.15, -0.1) is 0 Å². The number of fused-ring (bicyclic) bond motifs is 1. The van der Waals surface area contributed by atoms with Gasteiger partial charge in [0, 0.05) is 5.69 Å². The highest BCUT2D eigenvalue weighted by Gasteiger charge is 2.16. The van der Waals surface area contributed by atoms with E-state index < -0.39 is 0 Å². The summed E-state index contributed by atoms with van der Waals surface area (Å²) < 4.78 is 10.7. The molecule has 4 nitrogen and oxygen atoms in total. The summed E-state index contributed by atoms with van der Waals surface area (Å²) >= 11 is 5.37. The molecule has 3 rings (SSSR count). The second-order valence-corrected chi connectivity index (χ2v) is 5.71. The van der Waals surface area contributed by atoms with Gasteiger partial charge in [0.1, 0.15) is 0 Å². The highest BCUT2D eigenvalue weighted by molar-refractivity contribution is 7.80. The Morgan fingerprint density at radius 1 is 1.09 bits per heavy atom. The molecule has 1 aliphatic heterocycles. The van der Waals surface area contributed by atoms with Crippen LogP contribution in [0.4, 0.5) is 5.69 Å². The monoisotopic (exact) mass is 314 g/mol. The van der Waals surface area contributed by atoms with Crippen LogP contribution < -0.4 is 20.1 Å². The van der Waals surface area contributed by atoms with Crippen molar-refractivity contribution in [2.45, 2.75) is 19.9 Å². The largest absolute Gasteiger partial charge is 0.454 e. The molecule has 5 heteroatoms. The lowest BCUT2D eigenvalue weighted by Gasteiger charge is -2.17. The number of thiocarbonyl (C=S) groups is 1. The molecule has 2 aromatic carbocycles. The van der Waals surface area contributed by atoms with Gasteiger partial charge in [-0.2, -0.15) is 0 Å². The fourth-order valence-corrected chi connectivity index (χ4v) is 2.56. The summed E-state index contributed by atoms with van der Waals surface area (Å²) in [5.74, 6) is 1.57. The zero-order valence-electron chi connectivity index (χ0n) is 12.6. The molecule has 0 bridgehead atoms. The standard InChI is InChI=1S/C17H18N2O2S/c1-11-3-6-14(7-4-11)19-17(22)18-12(2)13-5-8-15-16(9-13)21-10-20-15/h3-9,12H,10H2,1-2H3,(H2,18,19,22). The zero-order chi connectivity index (χ0) is 15.5. The number of ether oxygens (including phenoxy) is 2. The zero-order valence-corrected chi connectivity index (χ0v) is 13.4. The Hall–Kier alpha value is -2.27. The Bertz CT molecular complexity index is 686. The van der Waals surface area contributed by atoms with Crippen LogP contribution in [0.1, 0.15) is 24.1 Å². The van der Waals surface area contributed by atoms with Crippen molar-refractivity contribution < 1.29 is 9.47 Å². The lowest BCUT2D eigenvalue weighted by molar-refractivity contribution is 0.174. The molecule has 0 saturated heterocycles. The molecule has 0 fully saturated rings. The number of rotatable bonds is 3. The maximum absolute atomic E-state index is 5.40. The highest BCUT2D eigenvalue weighted by Crippen LogP contribution is 2.34. The van der Waals surface area contributed by atoms with Gasteiger partial charge in [-0.3, -0.25) is 0 Å². The van der Waals surface area contributed by atoms with Gasteiger partial charge in [0.2, 0.25) is 6.79 Å². The van der Waals surface area contributed by atoms with Crippen LogP contribution in [-0.2, 0) is 0 Å². The predicted octanol–water partition coefficient (Wildman–Crippen LogP) is 3.77. The number of hydrogen-bond acceptors (Lipinski definition) is 3. The van der Waals surface area contributed by atoms with Crippen LogP contribution in [0.5, 0.6) is 11.5 Å². The van der Waals surface area contributed by atoms with E-state index in [0.29, 0.717) is 5.11 Å². The summed E-state index contributed by atoms with van der Waals surface area (Å²) in [5.41, 5.74) is 3.29. The molecule has 2 N–H and O–H groups in total. The number of nitrogens with one attached hydrogen (secondary N) is 2. The van der Waals surface area contributed by atoms with Crippen LogP contribution in [-0.4, -0.2) is 11.9 Å². The Labute approximate surface area is 135 Å². The van der Waals surface area contributed by atoms with E-state index in [4.69, 9.17) is 21.7 Å². The first kappa shape index (κ1) is 14.7. The van der Waals surface area contributed by atoms with E-state index in [-0.39, 0.29) is 12.8 Å². The Morgan fingerprint density at radius 3 is 2.59 bits per heavy atom. The average molecular weight is 314 g/mol. The van der Waals surface area contributed by atoms with Crippen molar-refractivity contribution in [2.75, 3.05) is 12.1 Å². The van der Waals surface area contributed by atoms with E-state index in [1.165, 1.54) is 5.56 Å². The van der Waals surface area contributed by atoms with Crippen molar-refractivity contribution in [3.8, 4) is 11.5 Å². The number of hydrogen-bond donors (Lipinski definition) is 2. The maximum atomic E-state index is 5.40. The Balaban J connectivity index is 1.62. The minimum Gasteiger partial charge on any atom is -0.454 e. The molecule has 114 valence electrons. The topological polar surface area (TPSA) is 42.5 Å². The number of aryl methyl sites for hydroxylation is 1. The third-order valence-electron chi connectivity index (χ3n) is 3.55. The Kier molecular flexibility index (Phi) is 4.15. The molecule has 0 spiro atoms. The molecule has 1 atom stereocenters. The lowest BCUT2D eigenvalue weighted by Crippen LogP contribution is -2.30. The normalized spacial score (nSPS) is 13.5. The van der Waals surface area contributed by atoms with Gasteiger partial charge >= 0.3 is 0 Å². The van der Waals surface area contributed by atoms with Crippen LogP contribution in [0.25, 0.3) is 0 Å². The molecule has 1 aliphatic rings. The smallest absolute Gasteiger partial charge is 0.231 e. The quantitative estimate of drug-likeness (QED) is 0.844. The summed E-state index contributed by atoms with van der Waals surface area (Å²) in [6.07, 6.45) is 0. The fraction of sp³-hybridized carbons (Fsp3) is 0.235. The van der Waals surface area contributed by atoms with Gasteiger partial charge in [0.25, 0.3) is 0 Å². The van der Waals surface area contributed by atoms with Crippen molar-refractivity contribution in [3.05, 3.63) is 53.6 Å². The highest BCUT2D eigenvalue weighted by atomic mass is 32.1. The number of anilines is 1. The van der Waals surface area contributed by atoms with Crippen molar-refractivity contribution >= 4 is 23.0 Å². The van der Waals surface area contributed by atoms with E-state index >= 15 is 0 Å². The molecule has 1 heterocycles. The van der Waals surface area contributed by atoms with Gasteiger partial charge in [-0.1, -0.05) is 23.8 Å². The minimum atomic E-state index is 0.0694. The summed E-state index contributed by atoms with van der Waals surface area (Å²) in [6.45, 7) is 4.40. The van der Waals surface area contributed by atoms with Crippen LogP contribution in [0.2, 0.25) is 0 Å². The van der Waals surface area contributed by atoms with Gasteiger partial charge in [-0.05, 0) is 55.9 Å². The van der Waals surface area contributed by atoms with Gasteiger partial charge in [-0.25, -0.2) is 0 Å². The van der Waals surface area contributed by atoms with E-state index in [1.807, 2.05) is 42.5 Å². The van der Waals surface area contributed by atoms with Crippen molar-refractivity contribution in [3.63, 3.8) is 0 Å². The third-order valence-corrected chi connectivity index (χ3v) is 3.77. The SMILES string of the molecule is Cc1ccc(NC(=S)NC(C)c2ccc3c(c2)OCO3)cc1. The summed E-state index contributed by atoms with van der Waals surface area (Å²) in [7, 11) is 0. The molecular formula is C17H18N2O2S. The van der Waals surface area contributed by atoms with Crippen LogP contribution in [0, 0.1) is 6.92 Å². The van der Waals surface area contributed by atoms with Gasteiger partial charge in [0.15, 0.2) is 16.6 Å². The number of benzene rings is 2. The van der Waals surface area contributed by atoms with Crippen LogP contribution >= 0.6 is 12.2 Å². The van der Waals surface area contributed by atoms with Crippen molar-refractivity contribution in [1.82, 2.24) is 5.32 Å².